The number of likely N-dealkylation sites (N-methyl/N-ethyl adjacent to an activating group) is 1. The highest BCUT2D eigenvalue weighted by Gasteiger charge is 2.26. The largest absolute Gasteiger partial charge is 0.370 e. The van der Waals surface area contributed by atoms with E-state index in [1.54, 1.807) is 35.4 Å². The lowest BCUT2D eigenvalue weighted by Crippen LogP contribution is -2.44. The zero-order chi connectivity index (χ0) is 34.7. The van der Waals surface area contributed by atoms with Crippen LogP contribution >= 0.6 is 0 Å². The summed E-state index contributed by atoms with van der Waals surface area (Å²) in [5, 5.41) is 7.24. The van der Waals surface area contributed by atoms with Crippen LogP contribution in [0.3, 0.4) is 0 Å². The normalized spacial score (nSPS) is 16.8. The Morgan fingerprint density at radius 1 is 1.02 bits per heavy atom. The lowest BCUT2D eigenvalue weighted by Gasteiger charge is -2.33. The summed E-state index contributed by atoms with van der Waals surface area (Å²) in [6.07, 6.45) is 5.75. The van der Waals surface area contributed by atoms with Gasteiger partial charge in [0.2, 0.25) is 11.9 Å². The Labute approximate surface area is 288 Å². The van der Waals surface area contributed by atoms with Gasteiger partial charge in [0, 0.05) is 73.4 Å². The fourth-order valence-corrected chi connectivity index (χ4v) is 8.27. The van der Waals surface area contributed by atoms with E-state index in [2.05, 4.69) is 39.7 Å². The van der Waals surface area contributed by atoms with Crippen LogP contribution in [-0.4, -0.2) is 104 Å². The maximum atomic E-state index is 14.4. The standard InChI is InChI=1S/C36H46N8O4S/c1-25-9-14-30(32(20-25)49(47,48)19-18-41(2)3)31-21-26-22-38-36(40-34(26)44(35(31)46)24-33(45)43-16-5-6-17-43)39-27-10-12-28(13-11-27)42(4)29-8-7-15-37-23-29/h9-14,20-22,29,37H,5-8,15-19,23-24H2,1-4H3,(H,38,39,40). The first-order chi connectivity index (χ1) is 23.5. The second-order valence-electron chi connectivity index (χ2n) is 13.4. The summed E-state index contributed by atoms with van der Waals surface area (Å²) in [6.45, 7) is 5.25. The number of benzene rings is 2. The SMILES string of the molecule is Cc1ccc(-c2cc3cnc(Nc4ccc(N(C)C5CCCNC5)cc4)nc3n(CC(=O)N3CCCC3)c2=O)c(S(=O)(=O)CCN(C)C)c1. The quantitative estimate of drug-likeness (QED) is 0.241. The minimum atomic E-state index is -3.74. The minimum absolute atomic E-state index is 0.0938. The van der Waals surface area contributed by atoms with Gasteiger partial charge in [0.15, 0.2) is 9.84 Å². The van der Waals surface area contributed by atoms with Crippen molar-refractivity contribution >= 4 is 44.1 Å². The Morgan fingerprint density at radius 2 is 1.78 bits per heavy atom. The third kappa shape index (κ3) is 7.79. The number of carbonyl (C=O) groups is 1. The topological polar surface area (TPSA) is 133 Å². The minimum Gasteiger partial charge on any atom is -0.370 e. The van der Waals surface area contributed by atoms with Crippen molar-refractivity contribution in [3.8, 4) is 11.1 Å². The molecule has 0 aliphatic carbocycles. The molecule has 2 aliphatic rings. The average molecular weight is 687 g/mol. The third-order valence-corrected chi connectivity index (χ3v) is 11.2. The van der Waals surface area contributed by atoms with Crippen LogP contribution in [0.25, 0.3) is 22.2 Å². The van der Waals surface area contributed by atoms with E-state index in [-0.39, 0.29) is 34.6 Å². The molecule has 260 valence electrons. The van der Waals surface area contributed by atoms with Crippen molar-refractivity contribution in [2.75, 3.05) is 69.8 Å². The van der Waals surface area contributed by atoms with E-state index in [0.29, 0.717) is 42.3 Å². The molecule has 0 radical (unpaired) electrons. The van der Waals surface area contributed by atoms with Crippen molar-refractivity contribution in [3.63, 3.8) is 0 Å². The van der Waals surface area contributed by atoms with E-state index in [9.17, 15) is 18.0 Å². The highest BCUT2D eigenvalue weighted by atomic mass is 32.2. The molecule has 2 fully saturated rings. The number of anilines is 3. The molecule has 6 rings (SSSR count). The number of nitrogens with one attached hydrogen (secondary N) is 2. The van der Waals surface area contributed by atoms with Crippen molar-refractivity contribution in [1.29, 1.82) is 0 Å². The fraction of sp³-hybridized carbons (Fsp3) is 0.444. The second kappa shape index (κ2) is 14.7. The van der Waals surface area contributed by atoms with Gasteiger partial charge >= 0.3 is 0 Å². The summed E-state index contributed by atoms with van der Waals surface area (Å²) in [5.74, 6) is 0.00228. The van der Waals surface area contributed by atoms with E-state index in [1.165, 1.54) is 4.57 Å². The molecule has 1 unspecified atom stereocenters. The van der Waals surface area contributed by atoms with Crippen molar-refractivity contribution in [2.45, 2.75) is 50.1 Å². The number of amides is 1. The molecule has 12 nitrogen and oxygen atoms in total. The summed E-state index contributed by atoms with van der Waals surface area (Å²) >= 11 is 0. The van der Waals surface area contributed by atoms with Gasteiger partial charge in [-0.1, -0.05) is 12.1 Å². The van der Waals surface area contributed by atoms with Gasteiger partial charge in [0.05, 0.1) is 10.6 Å². The molecular formula is C36H46N8O4S. The number of likely N-dealkylation sites (tertiary alicyclic amines) is 1. The third-order valence-electron chi connectivity index (χ3n) is 9.50. The molecule has 1 amide bonds. The van der Waals surface area contributed by atoms with Gasteiger partial charge in [-0.15, -0.1) is 0 Å². The maximum Gasteiger partial charge on any atom is 0.260 e. The summed E-state index contributed by atoms with van der Waals surface area (Å²) in [5.41, 5.74) is 2.95. The number of piperidine rings is 1. The molecule has 13 heteroatoms. The van der Waals surface area contributed by atoms with Gasteiger partial charge in [-0.05, 0) is 95.2 Å². The lowest BCUT2D eigenvalue weighted by molar-refractivity contribution is -0.130. The van der Waals surface area contributed by atoms with Crippen LogP contribution in [0.1, 0.15) is 31.2 Å². The predicted molar refractivity (Wildman–Crippen MR) is 194 cm³/mol. The van der Waals surface area contributed by atoms with Crippen molar-refractivity contribution < 1.29 is 13.2 Å². The van der Waals surface area contributed by atoms with Crippen molar-refractivity contribution in [1.82, 2.24) is 29.7 Å². The first kappa shape index (κ1) is 34.5. The zero-order valence-electron chi connectivity index (χ0n) is 28.8. The van der Waals surface area contributed by atoms with Crippen LogP contribution in [-0.2, 0) is 21.2 Å². The molecule has 2 aromatic heterocycles. The van der Waals surface area contributed by atoms with Crippen LogP contribution < -0.4 is 21.1 Å². The first-order valence-electron chi connectivity index (χ1n) is 17.0. The number of hydrogen-bond donors (Lipinski definition) is 2. The van der Waals surface area contributed by atoms with E-state index >= 15 is 0 Å². The Balaban J connectivity index is 1.38. The molecule has 4 heterocycles. The van der Waals surface area contributed by atoms with Crippen LogP contribution in [0.5, 0.6) is 0 Å². The number of sulfone groups is 1. The van der Waals surface area contributed by atoms with Gasteiger partial charge in [0.25, 0.3) is 5.56 Å². The van der Waals surface area contributed by atoms with Gasteiger partial charge in [0.1, 0.15) is 12.2 Å². The molecule has 0 spiro atoms. The number of rotatable bonds is 11. The smallest absolute Gasteiger partial charge is 0.260 e. The molecular weight excluding hydrogens is 641 g/mol. The van der Waals surface area contributed by atoms with Crippen molar-refractivity contribution in [2.24, 2.45) is 0 Å². The molecule has 1 atom stereocenters. The van der Waals surface area contributed by atoms with E-state index < -0.39 is 15.4 Å². The Bertz CT molecular complexity index is 1980. The van der Waals surface area contributed by atoms with Crippen LogP contribution in [0.4, 0.5) is 17.3 Å². The number of aryl methyl sites for hydroxylation is 1. The molecule has 0 bridgehead atoms. The molecule has 2 N–H and O–H groups in total. The molecule has 2 saturated heterocycles. The zero-order valence-corrected chi connectivity index (χ0v) is 29.6. The molecule has 2 aromatic carbocycles. The lowest BCUT2D eigenvalue weighted by atomic mass is 10.0. The first-order valence-corrected chi connectivity index (χ1v) is 18.6. The maximum absolute atomic E-state index is 14.4. The van der Waals surface area contributed by atoms with Crippen LogP contribution in [0.15, 0.2) is 64.4 Å². The average Bonchev–Trinajstić information content (AvgIpc) is 3.65. The molecule has 2 aliphatic heterocycles. The number of nitrogens with zero attached hydrogens (tertiary/aromatic N) is 6. The summed E-state index contributed by atoms with van der Waals surface area (Å²) < 4.78 is 28.6. The van der Waals surface area contributed by atoms with E-state index in [1.807, 2.05) is 38.1 Å². The Hall–Kier alpha value is -4.33. The van der Waals surface area contributed by atoms with E-state index in [0.717, 1.165) is 55.7 Å². The molecule has 0 saturated carbocycles. The van der Waals surface area contributed by atoms with Gasteiger partial charge in [-0.2, -0.15) is 4.98 Å². The Kier molecular flexibility index (Phi) is 10.3. The van der Waals surface area contributed by atoms with Crippen LogP contribution in [0, 0.1) is 6.92 Å². The van der Waals surface area contributed by atoms with Gasteiger partial charge < -0.3 is 25.3 Å². The number of aromatic nitrogens is 3. The van der Waals surface area contributed by atoms with Gasteiger partial charge in [-0.3, -0.25) is 14.2 Å². The van der Waals surface area contributed by atoms with Crippen LogP contribution in [0.2, 0.25) is 0 Å². The summed E-state index contributed by atoms with van der Waals surface area (Å²) in [7, 11) is 2.01. The van der Waals surface area contributed by atoms with Crippen molar-refractivity contribution in [3.05, 3.63) is 70.6 Å². The monoisotopic (exact) mass is 686 g/mol. The highest BCUT2D eigenvalue weighted by Crippen LogP contribution is 2.30. The Morgan fingerprint density at radius 3 is 2.47 bits per heavy atom. The summed E-state index contributed by atoms with van der Waals surface area (Å²) in [4.78, 5) is 43.1. The van der Waals surface area contributed by atoms with Gasteiger partial charge in [-0.25, -0.2) is 13.4 Å². The predicted octanol–water partition coefficient (Wildman–Crippen LogP) is 3.66. The highest BCUT2D eigenvalue weighted by molar-refractivity contribution is 7.91. The number of fused-ring (bicyclic) bond motifs is 1. The number of carbonyl (C=O) groups excluding carboxylic acids is 1. The molecule has 49 heavy (non-hydrogen) atoms. The fourth-order valence-electron chi connectivity index (χ4n) is 6.57. The molecule has 4 aromatic rings. The number of hydrogen-bond acceptors (Lipinski definition) is 10. The van der Waals surface area contributed by atoms with E-state index in [4.69, 9.17) is 4.98 Å². The second-order valence-corrected chi connectivity index (χ2v) is 15.5. The summed E-state index contributed by atoms with van der Waals surface area (Å²) in [6, 6.07) is 15.2. The number of pyridine rings is 1.